The van der Waals surface area contributed by atoms with E-state index in [0.29, 0.717) is 0 Å². The molecule has 16 heteroatoms. The third-order valence-electron chi connectivity index (χ3n) is 6.93. The summed E-state index contributed by atoms with van der Waals surface area (Å²) in [5.74, 6) is -3.13. The third-order valence-corrected chi connectivity index (χ3v) is 6.93. The molecule has 2 aromatic carbocycles. The van der Waals surface area contributed by atoms with Crippen LogP contribution in [-0.2, 0) is 9.47 Å². The van der Waals surface area contributed by atoms with E-state index < -0.39 is 101 Å². The van der Waals surface area contributed by atoms with Crippen LogP contribution in [0, 0.1) is 0 Å². The monoisotopic (exact) mass is 596 g/mol. The molecule has 5 rings (SSSR count). The summed E-state index contributed by atoms with van der Waals surface area (Å²) in [6.45, 7) is -1.15. The molecule has 0 radical (unpaired) electrons. The minimum atomic E-state index is -1.92. The molecule has 2 aliphatic heterocycles. The van der Waals surface area contributed by atoms with Crippen molar-refractivity contribution < 1.29 is 74.4 Å². The van der Waals surface area contributed by atoms with Crippen molar-refractivity contribution in [3.63, 3.8) is 0 Å². The van der Waals surface area contributed by atoms with Gasteiger partial charge in [-0.25, -0.2) is 0 Å². The van der Waals surface area contributed by atoms with Crippen LogP contribution in [0.4, 0.5) is 0 Å². The minimum absolute atomic E-state index is 0.0437. The zero-order valence-electron chi connectivity index (χ0n) is 21.4. The lowest BCUT2D eigenvalue weighted by Crippen LogP contribution is -2.60. The number of benzene rings is 2. The van der Waals surface area contributed by atoms with Crippen LogP contribution in [0.3, 0.4) is 0 Å². The average Bonchev–Trinajstić information content (AvgIpc) is 2.96. The predicted molar refractivity (Wildman–Crippen MR) is 136 cm³/mol. The number of rotatable bonds is 6. The summed E-state index contributed by atoms with van der Waals surface area (Å²) >= 11 is 0. The van der Waals surface area contributed by atoms with E-state index in [1.165, 1.54) is 6.07 Å². The molecule has 16 nitrogen and oxygen atoms in total. The number of ether oxygens (including phenoxy) is 4. The molecule has 0 spiro atoms. The maximum absolute atomic E-state index is 13.7. The first-order chi connectivity index (χ1) is 19.9. The first-order valence-electron chi connectivity index (χ1n) is 12.6. The number of hydrogen-bond acceptors (Lipinski definition) is 16. The number of fused-ring (bicyclic) bond motifs is 1. The van der Waals surface area contributed by atoms with E-state index in [2.05, 4.69) is 0 Å². The molecule has 9 atom stereocenters. The summed E-state index contributed by atoms with van der Waals surface area (Å²) in [6, 6.07) is 5.42. The number of phenols is 3. The second kappa shape index (κ2) is 11.5. The molecule has 0 unspecified atom stereocenters. The Kier molecular flexibility index (Phi) is 8.17. The molecule has 228 valence electrons. The quantitative estimate of drug-likeness (QED) is 0.133. The van der Waals surface area contributed by atoms with Gasteiger partial charge in [0.2, 0.25) is 23.8 Å². The summed E-state index contributed by atoms with van der Waals surface area (Å²) in [7, 11) is 0. The molecule has 0 bridgehead atoms. The van der Waals surface area contributed by atoms with Gasteiger partial charge >= 0.3 is 0 Å². The van der Waals surface area contributed by atoms with Crippen molar-refractivity contribution in [2.24, 2.45) is 0 Å². The van der Waals surface area contributed by atoms with E-state index in [1.807, 2.05) is 0 Å². The van der Waals surface area contributed by atoms with Crippen LogP contribution in [0.5, 0.6) is 28.7 Å². The molecule has 2 saturated heterocycles. The Morgan fingerprint density at radius 1 is 0.786 bits per heavy atom. The van der Waals surface area contributed by atoms with Crippen molar-refractivity contribution in [2.45, 2.75) is 55.3 Å². The summed E-state index contributed by atoms with van der Waals surface area (Å²) in [6.07, 6.45) is -14.8. The Morgan fingerprint density at radius 2 is 1.50 bits per heavy atom. The first kappa shape index (κ1) is 29.8. The molecule has 10 N–H and O–H groups in total. The Labute approximate surface area is 235 Å². The van der Waals surface area contributed by atoms with Crippen molar-refractivity contribution in [3.05, 3.63) is 40.6 Å². The average molecular weight is 596 g/mol. The summed E-state index contributed by atoms with van der Waals surface area (Å²) in [4.78, 5) is 13.7. The highest BCUT2D eigenvalue weighted by Crippen LogP contribution is 2.40. The van der Waals surface area contributed by atoms with Gasteiger partial charge in [0.15, 0.2) is 17.3 Å². The van der Waals surface area contributed by atoms with Crippen LogP contribution in [-0.4, -0.2) is 120 Å². The third kappa shape index (κ3) is 5.31. The van der Waals surface area contributed by atoms with Crippen LogP contribution >= 0.6 is 0 Å². The van der Waals surface area contributed by atoms with E-state index in [4.69, 9.17) is 23.4 Å². The molecule has 0 aliphatic carbocycles. The van der Waals surface area contributed by atoms with Crippen molar-refractivity contribution in [2.75, 3.05) is 13.2 Å². The number of phenolic OH excluding ortho intramolecular Hbond substituents is 3. The smallest absolute Gasteiger partial charge is 0.239 e. The number of aromatic hydroxyl groups is 3. The molecule has 0 amide bonds. The molecule has 3 aromatic rings. The fourth-order valence-corrected chi connectivity index (χ4v) is 4.59. The fourth-order valence-electron chi connectivity index (χ4n) is 4.59. The van der Waals surface area contributed by atoms with E-state index in [0.717, 1.165) is 24.3 Å². The van der Waals surface area contributed by atoms with Gasteiger partial charge in [-0.15, -0.1) is 0 Å². The van der Waals surface area contributed by atoms with Gasteiger partial charge in [0.25, 0.3) is 0 Å². The SMILES string of the molecule is O=c1c(O[C@@H]2O[C@H](CO)[C@@H](O)[C@@H](O)[C@H]2O)c(-c2ccc(O)c(O)c2)oc2cc(O[C@H]3OC[C@@H](O)[C@H](O)[C@@H]3O)cc(O)c12. The molecular formula is C26H28O16. The molecule has 0 saturated carbocycles. The van der Waals surface area contributed by atoms with Gasteiger partial charge in [-0.2, -0.15) is 0 Å². The lowest BCUT2D eigenvalue weighted by molar-refractivity contribution is -0.277. The highest BCUT2D eigenvalue weighted by Gasteiger charge is 2.45. The van der Waals surface area contributed by atoms with Crippen LogP contribution in [0.2, 0.25) is 0 Å². The van der Waals surface area contributed by atoms with E-state index in [-0.39, 0.29) is 23.5 Å². The highest BCUT2D eigenvalue weighted by atomic mass is 16.7. The Balaban J connectivity index is 1.61. The lowest BCUT2D eigenvalue weighted by atomic mass is 9.99. The van der Waals surface area contributed by atoms with E-state index in [9.17, 15) is 55.9 Å². The first-order valence-corrected chi connectivity index (χ1v) is 12.6. The van der Waals surface area contributed by atoms with E-state index in [1.54, 1.807) is 0 Å². The minimum Gasteiger partial charge on any atom is -0.507 e. The second-order valence-corrected chi connectivity index (χ2v) is 9.79. The van der Waals surface area contributed by atoms with E-state index >= 15 is 0 Å². The van der Waals surface area contributed by atoms with Crippen molar-refractivity contribution >= 4 is 11.0 Å². The normalized spacial score (nSPS) is 31.6. The zero-order chi connectivity index (χ0) is 30.5. The maximum atomic E-state index is 13.7. The molecule has 42 heavy (non-hydrogen) atoms. The number of aliphatic hydroxyl groups is 7. The van der Waals surface area contributed by atoms with Crippen molar-refractivity contribution in [1.82, 2.24) is 0 Å². The van der Waals surface area contributed by atoms with Crippen LogP contribution in [0.1, 0.15) is 0 Å². The van der Waals surface area contributed by atoms with Crippen LogP contribution < -0.4 is 14.9 Å². The topological polar surface area (TPSA) is 269 Å². The molecule has 3 heterocycles. The Morgan fingerprint density at radius 3 is 2.19 bits per heavy atom. The van der Waals surface area contributed by atoms with Gasteiger partial charge in [0.05, 0.1) is 13.2 Å². The maximum Gasteiger partial charge on any atom is 0.239 e. The molecular weight excluding hydrogens is 568 g/mol. The largest absolute Gasteiger partial charge is 0.507 e. The van der Waals surface area contributed by atoms with Gasteiger partial charge in [0, 0.05) is 17.7 Å². The molecule has 1 aromatic heterocycles. The summed E-state index contributed by atoms with van der Waals surface area (Å²) in [5, 5.41) is 100. The predicted octanol–water partition coefficient (Wildman–Crippen LogP) is -2.43. The molecule has 2 fully saturated rings. The number of hydrogen-bond donors (Lipinski definition) is 10. The van der Waals surface area contributed by atoms with Gasteiger partial charge in [0.1, 0.15) is 65.2 Å². The van der Waals surface area contributed by atoms with Gasteiger partial charge in [-0.3, -0.25) is 4.79 Å². The number of aliphatic hydroxyl groups excluding tert-OH is 7. The van der Waals surface area contributed by atoms with Crippen LogP contribution in [0.25, 0.3) is 22.3 Å². The van der Waals surface area contributed by atoms with Crippen LogP contribution in [0.15, 0.2) is 39.5 Å². The van der Waals surface area contributed by atoms with Gasteiger partial charge in [-0.05, 0) is 18.2 Å². The van der Waals surface area contributed by atoms with Crippen molar-refractivity contribution in [3.8, 4) is 40.1 Å². The summed E-state index contributed by atoms with van der Waals surface area (Å²) in [5.41, 5.74) is -1.39. The lowest BCUT2D eigenvalue weighted by Gasteiger charge is -2.39. The van der Waals surface area contributed by atoms with Gasteiger partial charge in [-0.1, -0.05) is 0 Å². The van der Waals surface area contributed by atoms with Gasteiger partial charge < -0.3 is 74.4 Å². The highest BCUT2D eigenvalue weighted by molar-refractivity contribution is 5.88. The molecule has 2 aliphatic rings. The Bertz CT molecular complexity index is 1500. The standard InChI is InChI=1S/C26H28O16/c27-6-15-18(33)20(35)22(37)26(41-15)42-24-19(34)16-12(30)4-9(39-25-21(36)17(32)13(31)7-38-25)5-14(16)40-23(24)8-1-2-10(28)11(29)3-8/h1-5,13,15,17-18,20-22,25-33,35-37H,6-7H2/t13-,15-,17+,18-,20-,21+,22-,25-,26+/m1/s1. The second-order valence-electron chi connectivity index (χ2n) is 9.79. The Hall–Kier alpha value is -3.71. The summed E-state index contributed by atoms with van der Waals surface area (Å²) < 4.78 is 27.5. The van der Waals surface area contributed by atoms with Crippen molar-refractivity contribution in [1.29, 1.82) is 0 Å². The zero-order valence-corrected chi connectivity index (χ0v) is 21.4. The fraction of sp³-hybridized carbons (Fsp3) is 0.423.